The minimum absolute atomic E-state index is 0.0446. The van der Waals surface area contributed by atoms with Crippen LogP contribution in [0.5, 0.6) is 0 Å². The zero-order valence-electron chi connectivity index (χ0n) is 23.4. The molecule has 0 aromatic rings. The van der Waals surface area contributed by atoms with Gasteiger partial charge in [-0.15, -0.1) is 0 Å². The van der Waals surface area contributed by atoms with Gasteiger partial charge in [0.2, 0.25) is 0 Å². The molecule has 0 saturated heterocycles. The van der Waals surface area contributed by atoms with Gasteiger partial charge < -0.3 is 28.1 Å². The molecule has 0 radical (unpaired) electrons. The molecule has 7 nitrogen and oxygen atoms in total. The number of hydrogen-bond donors (Lipinski definition) is 1. The summed E-state index contributed by atoms with van der Waals surface area (Å²) in [6.45, 7) is 2.63. The van der Waals surface area contributed by atoms with Crippen LogP contribution in [0.15, 0.2) is 0 Å². The maximum Gasteiger partial charge on any atom is 0.265 e. The van der Waals surface area contributed by atoms with E-state index in [2.05, 4.69) is 11.4 Å². The van der Waals surface area contributed by atoms with E-state index in [0.717, 1.165) is 12.8 Å². The zero-order chi connectivity index (χ0) is 26.6. The third-order valence-electron chi connectivity index (χ3n) is 6.68. The van der Waals surface area contributed by atoms with Crippen molar-refractivity contribution in [2.45, 2.75) is 109 Å². The highest BCUT2D eigenvalue weighted by atomic mass is 32.2. The van der Waals surface area contributed by atoms with E-state index in [-0.39, 0.29) is 18.6 Å². The molecule has 0 rings (SSSR count). The van der Waals surface area contributed by atoms with Gasteiger partial charge in [0, 0.05) is 19.4 Å². The molecule has 0 bridgehead atoms. The number of rotatable bonds is 25. The van der Waals surface area contributed by atoms with E-state index in [1.807, 2.05) is 21.1 Å². The molecule has 4 unspecified atom stereocenters. The lowest BCUT2D eigenvalue weighted by atomic mass is 10.0. The first-order valence-corrected chi connectivity index (χ1v) is 16.8. The fourth-order valence-corrected chi connectivity index (χ4v) is 6.21. The van der Waals surface area contributed by atoms with E-state index in [1.165, 1.54) is 77.0 Å². The topological polar surface area (TPSA) is 102 Å². The molecular formula is C26H56NO6PS. The van der Waals surface area contributed by atoms with Gasteiger partial charge in [-0.1, -0.05) is 95.1 Å². The largest absolute Gasteiger partial charge is 0.756 e. The highest BCUT2D eigenvalue weighted by Crippen LogP contribution is 2.32. The first kappa shape index (κ1) is 35.3. The molecule has 0 aromatic carbocycles. The van der Waals surface area contributed by atoms with Crippen molar-refractivity contribution in [1.29, 1.82) is 0 Å². The Morgan fingerprint density at radius 2 is 1.31 bits per heavy atom. The van der Waals surface area contributed by atoms with Crippen LogP contribution in [0, 0.1) is 5.92 Å². The van der Waals surface area contributed by atoms with E-state index >= 15 is 0 Å². The molecule has 0 aliphatic carbocycles. The maximum atomic E-state index is 12.7. The number of ether oxygens (including phenoxy) is 1. The summed E-state index contributed by atoms with van der Waals surface area (Å²) in [5.41, 5.74) is 0. The van der Waals surface area contributed by atoms with Crippen molar-refractivity contribution in [3.63, 3.8) is 0 Å². The summed E-state index contributed by atoms with van der Waals surface area (Å²) in [7, 11) is 2.72. The van der Waals surface area contributed by atoms with Gasteiger partial charge >= 0.3 is 0 Å². The molecule has 0 aliphatic heterocycles. The van der Waals surface area contributed by atoms with E-state index in [4.69, 9.17) is 9.63 Å². The van der Waals surface area contributed by atoms with Crippen LogP contribution in [0.2, 0.25) is 0 Å². The first-order chi connectivity index (χ1) is 16.5. The Bertz CT molecular complexity index is 528. The standard InChI is InChI=1S/C26H56NO6PS/c1-6-7-8-9-10-11-12-13-14-15-16-17-18-19-20-35(31)24-25(22-32-5)21-26(27(2,3)4)23-33-34(28,29)30/h25-26H,6-24H2,1-5H3,(H-,28,29,30). The predicted octanol–water partition coefficient (Wildman–Crippen LogP) is 5.42. The van der Waals surface area contributed by atoms with Crippen LogP contribution in [0.4, 0.5) is 0 Å². The van der Waals surface area contributed by atoms with E-state index in [1.54, 1.807) is 7.11 Å². The number of hydrogen-bond acceptors (Lipinski definition) is 5. The Hall–Kier alpha value is 0.340. The number of phosphoric acid groups is 1. The third-order valence-corrected chi connectivity index (χ3v) is 8.74. The molecule has 0 aliphatic rings. The van der Waals surface area contributed by atoms with Gasteiger partial charge in [0.25, 0.3) is 7.82 Å². The minimum atomic E-state index is -4.77. The van der Waals surface area contributed by atoms with Crippen LogP contribution in [0.25, 0.3) is 0 Å². The normalized spacial score (nSPS) is 16.7. The van der Waals surface area contributed by atoms with Crippen LogP contribution in [0.1, 0.15) is 103 Å². The third kappa shape index (κ3) is 23.2. The second-order valence-corrected chi connectivity index (χ2v) is 13.8. The predicted molar refractivity (Wildman–Crippen MR) is 146 cm³/mol. The fourth-order valence-electron chi connectivity index (χ4n) is 4.40. The zero-order valence-corrected chi connectivity index (χ0v) is 25.1. The lowest BCUT2D eigenvalue weighted by Crippen LogP contribution is -2.49. The van der Waals surface area contributed by atoms with Gasteiger partial charge in [-0.05, 0) is 12.8 Å². The Kier molecular flexibility index (Phi) is 21.5. The molecule has 1 N–H and O–H groups in total. The Labute approximate surface area is 219 Å². The van der Waals surface area contributed by atoms with Gasteiger partial charge in [-0.3, -0.25) is 4.57 Å². The maximum absolute atomic E-state index is 12.7. The van der Waals surface area contributed by atoms with Gasteiger partial charge in [-0.25, -0.2) is 0 Å². The summed E-state index contributed by atoms with van der Waals surface area (Å²) < 4.78 is 34.2. The number of nitrogens with zero attached hydrogens (tertiary/aromatic N) is 1. The van der Waals surface area contributed by atoms with Crippen molar-refractivity contribution < 1.29 is 32.6 Å². The Morgan fingerprint density at radius 3 is 1.71 bits per heavy atom. The number of methoxy groups -OCH3 is 1. The molecule has 9 heteroatoms. The molecule has 4 atom stereocenters. The average molecular weight is 542 g/mol. The Morgan fingerprint density at radius 1 is 0.857 bits per heavy atom. The van der Waals surface area contributed by atoms with Crippen molar-refractivity contribution in [3.05, 3.63) is 0 Å². The second kappa shape index (κ2) is 21.3. The number of unbranched alkanes of at least 4 members (excludes halogenated alkanes) is 13. The number of phosphoric ester groups is 1. The molecular weight excluding hydrogens is 485 g/mol. The van der Waals surface area contributed by atoms with Crippen molar-refractivity contribution in [2.24, 2.45) is 5.92 Å². The van der Waals surface area contributed by atoms with Crippen molar-refractivity contribution in [1.82, 2.24) is 0 Å². The summed E-state index contributed by atoms with van der Waals surface area (Å²) in [5, 5.41) is 0. The van der Waals surface area contributed by atoms with Gasteiger partial charge in [-0.2, -0.15) is 0 Å². The smallest absolute Gasteiger partial charge is 0.265 e. The Balaban J connectivity index is 4.02. The van der Waals surface area contributed by atoms with E-state index in [9.17, 15) is 14.0 Å². The van der Waals surface area contributed by atoms with Gasteiger partial charge in [0.05, 0.1) is 27.7 Å². The summed E-state index contributed by atoms with van der Waals surface area (Å²) in [6.07, 6.45) is 18.9. The van der Waals surface area contributed by atoms with Crippen LogP contribution in [-0.2, 0) is 25.0 Å². The molecule has 0 fully saturated rings. The minimum Gasteiger partial charge on any atom is -0.756 e. The quantitative estimate of drug-likeness (QED) is 0.0717. The van der Waals surface area contributed by atoms with Crippen LogP contribution in [-0.4, -0.2) is 72.9 Å². The van der Waals surface area contributed by atoms with Crippen molar-refractivity contribution >= 4 is 19.0 Å². The molecule has 0 aromatic heterocycles. The summed E-state index contributed by atoms with van der Waals surface area (Å²) in [6, 6.07) is -0.164. The number of quaternary nitrogens is 1. The van der Waals surface area contributed by atoms with E-state index in [0.29, 0.717) is 29.0 Å². The molecule has 0 amide bonds. The van der Waals surface area contributed by atoms with Crippen LogP contribution >= 0.6 is 7.82 Å². The second-order valence-electron chi connectivity index (χ2n) is 11.0. The van der Waals surface area contributed by atoms with Crippen LogP contribution < -0.4 is 4.89 Å². The molecule has 0 spiro atoms. The monoisotopic (exact) mass is 541 g/mol. The van der Waals surface area contributed by atoms with Crippen molar-refractivity contribution in [3.8, 4) is 0 Å². The molecule has 0 saturated carbocycles. The van der Waals surface area contributed by atoms with E-state index < -0.39 is 19.0 Å². The lowest BCUT2D eigenvalue weighted by molar-refractivity contribution is -0.897. The first-order valence-electron chi connectivity index (χ1n) is 13.8. The van der Waals surface area contributed by atoms with Gasteiger partial charge in [0.15, 0.2) is 0 Å². The SMILES string of the molecule is CCCCCCCCCCCCCCCC[S+]([O-])CC(COC)CC(COP(=O)([O-])O)[N+](C)(C)C. The number of likely N-dealkylation sites (N-methyl/N-ethyl adjacent to an activating group) is 1. The van der Waals surface area contributed by atoms with Crippen LogP contribution in [0.3, 0.4) is 0 Å². The summed E-state index contributed by atoms with van der Waals surface area (Å²) >= 11 is -0.926. The summed E-state index contributed by atoms with van der Waals surface area (Å²) in [4.78, 5) is 20.0. The fraction of sp³-hybridized carbons (Fsp3) is 1.00. The highest BCUT2D eigenvalue weighted by molar-refractivity contribution is 7.91. The molecule has 35 heavy (non-hydrogen) atoms. The summed E-state index contributed by atoms with van der Waals surface area (Å²) in [5.74, 6) is 1.29. The van der Waals surface area contributed by atoms with Gasteiger partial charge in [0.1, 0.15) is 24.2 Å². The lowest BCUT2D eigenvalue weighted by Gasteiger charge is -2.36. The highest BCUT2D eigenvalue weighted by Gasteiger charge is 2.31. The molecule has 0 heterocycles. The average Bonchev–Trinajstić information content (AvgIpc) is 2.75. The molecule has 212 valence electrons. The van der Waals surface area contributed by atoms with Crippen molar-refractivity contribution in [2.75, 3.05) is 53.0 Å².